The highest BCUT2D eigenvalue weighted by atomic mass is 35.5. The lowest BCUT2D eigenvalue weighted by atomic mass is 10.1. The second kappa shape index (κ2) is 11.3. The Bertz CT molecular complexity index is 908. The number of rotatable bonds is 8. The molecular weight excluding hydrogens is 451 g/mol. The molecule has 0 saturated heterocycles. The van der Waals surface area contributed by atoms with E-state index in [0.717, 1.165) is 11.3 Å². The summed E-state index contributed by atoms with van der Waals surface area (Å²) in [5.74, 6) is 0.623. The van der Waals surface area contributed by atoms with Crippen molar-refractivity contribution in [1.29, 1.82) is 0 Å². The summed E-state index contributed by atoms with van der Waals surface area (Å²) in [5, 5.41) is 3.90. The molecule has 31 heavy (non-hydrogen) atoms. The van der Waals surface area contributed by atoms with Gasteiger partial charge in [-0.05, 0) is 52.3 Å². The Morgan fingerprint density at radius 1 is 1.10 bits per heavy atom. The van der Waals surface area contributed by atoms with Crippen molar-refractivity contribution >= 4 is 46.8 Å². The Balaban J connectivity index is 2.17. The maximum atomic E-state index is 13.2. The van der Waals surface area contributed by atoms with Gasteiger partial charge in [0.05, 0.1) is 5.75 Å². The van der Waals surface area contributed by atoms with Gasteiger partial charge in [-0.1, -0.05) is 59.1 Å². The molecule has 7 heteroatoms. The van der Waals surface area contributed by atoms with E-state index in [4.69, 9.17) is 23.2 Å². The first-order valence-corrected chi connectivity index (χ1v) is 12.1. The van der Waals surface area contributed by atoms with Crippen LogP contribution in [0.3, 0.4) is 0 Å². The molecule has 2 aromatic rings. The van der Waals surface area contributed by atoms with E-state index in [1.54, 1.807) is 30.0 Å². The third kappa shape index (κ3) is 8.06. The zero-order chi connectivity index (χ0) is 23.2. The zero-order valence-electron chi connectivity index (χ0n) is 18.7. The molecule has 0 unspecified atom stereocenters. The van der Waals surface area contributed by atoms with Gasteiger partial charge < -0.3 is 10.2 Å². The van der Waals surface area contributed by atoms with Gasteiger partial charge in [0.25, 0.3) is 0 Å². The Hall–Kier alpha value is -1.69. The van der Waals surface area contributed by atoms with E-state index in [-0.39, 0.29) is 24.1 Å². The summed E-state index contributed by atoms with van der Waals surface area (Å²) in [6.07, 6.45) is 0. The molecule has 0 aromatic heterocycles. The van der Waals surface area contributed by atoms with Crippen LogP contribution in [0.5, 0.6) is 0 Å². The fraction of sp³-hybridized carbons (Fsp3) is 0.417. The number of carbonyl (C=O) groups excluding carboxylic acids is 2. The number of nitrogens with one attached hydrogen (secondary N) is 1. The summed E-state index contributed by atoms with van der Waals surface area (Å²) in [4.78, 5) is 27.6. The summed E-state index contributed by atoms with van der Waals surface area (Å²) >= 11 is 14.2. The number of carbonyl (C=O) groups is 2. The first kappa shape index (κ1) is 25.6. The summed E-state index contributed by atoms with van der Waals surface area (Å²) in [6, 6.07) is 12.8. The third-order valence-electron chi connectivity index (χ3n) is 4.63. The van der Waals surface area contributed by atoms with Gasteiger partial charge in [0.15, 0.2) is 0 Å². The van der Waals surface area contributed by atoms with Crippen LogP contribution in [0.2, 0.25) is 10.0 Å². The van der Waals surface area contributed by atoms with Gasteiger partial charge in [-0.25, -0.2) is 0 Å². The Morgan fingerprint density at radius 2 is 1.71 bits per heavy atom. The van der Waals surface area contributed by atoms with E-state index in [0.29, 0.717) is 15.6 Å². The second-order valence-corrected chi connectivity index (χ2v) is 10.4. The maximum absolute atomic E-state index is 13.2. The molecule has 0 spiro atoms. The highest BCUT2D eigenvalue weighted by Gasteiger charge is 2.29. The molecule has 1 N–H and O–H groups in total. The predicted octanol–water partition coefficient (Wildman–Crippen LogP) is 5.87. The quantitative estimate of drug-likeness (QED) is 0.513. The number of amides is 2. The monoisotopic (exact) mass is 480 g/mol. The van der Waals surface area contributed by atoms with Crippen molar-refractivity contribution in [2.45, 2.75) is 58.5 Å². The topological polar surface area (TPSA) is 49.4 Å². The molecule has 2 amide bonds. The minimum Gasteiger partial charge on any atom is -0.350 e. The zero-order valence-corrected chi connectivity index (χ0v) is 21.0. The number of benzene rings is 2. The van der Waals surface area contributed by atoms with E-state index < -0.39 is 11.6 Å². The van der Waals surface area contributed by atoms with Gasteiger partial charge in [-0.2, -0.15) is 0 Å². The van der Waals surface area contributed by atoms with Crippen molar-refractivity contribution in [1.82, 2.24) is 10.2 Å². The third-order valence-corrected chi connectivity index (χ3v) is 6.33. The summed E-state index contributed by atoms with van der Waals surface area (Å²) < 4.78 is 0. The van der Waals surface area contributed by atoms with Crippen molar-refractivity contribution in [3.8, 4) is 0 Å². The lowest BCUT2D eigenvalue weighted by molar-refractivity contribution is -0.139. The van der Waals surface area contributed by atoms with Crippen LogP contribution in [0.1, 0.15) is 44.4 Å². The molecule has 0 aliphatic carbocycles. The minimum absolute atomic E-state index is 0.134. The number of nitrogens with zero attached hydrogens (tertiary/aromatic N) is 1. The van der Waals surface area contributed by atoms with E-state index >= 15 is 0 Å². The molecule has 4 nitrogen and oxygen atoms in total. The molecule has 0 bridgehead atoms. The van der Waals surface area contributed by atoms with Crippen molar-refractivity contribution in [2.24, 2.45) is 0 Å². The molecule has 0 aliphatic rings. The van der Waals surface area contributed by atoms with Crippen molar-refractivity contribution in [3.63, 3.8) is 0 Å². The number of hydrogen-bond donors (Lipinski definition) is 1. The van der Waals surface area contributed by atoms with Gasteiger partial charge in [0, 0.05) is 33.4 Å². The molecule has 0 radical (unpaired) electrons. The van der Waals surface area contributed by atoms with Crippen molar-refractivity contribution in [2.75, 3.05) is 5.75 Å². The van der Waals surface area contributed by atoms with Gasteiger partial charge in [-0.3, -0.25) is 9.59 Å². The number of halogens is 2. The predicted molar refractivity (Wildman–Crippen MR) is 132 cm³/mol. The largest absolute Gasteiger partial charge is 0.350 e. The average Bonchev–Trinajstić information content (AvgIpc) is 2.66. The van der Waals surface area contributed by atoms with E-state index in [1.807, 2.05) is 45.9 Å². The first-order valence-electron chi connectivity index (χ1n) is 10.2. The normalized spacial score (nSPS) is 12.4. The lowest BCUT2D eigenvalue weighted by Gasteiger charge is -2.32. The molecule has 168 valence electrons. The number of hydrogen-bond acceptors (Lipinski definition) is 3. The molecular formula is C24H30Cl2N2O2S. The maximum Gasteiger partial charge on any atom is 0.242 e. The Kier molecular flexibility index (Phi) is 9.28. The van der Waals surface area contributed by atoms with Crippen LogP contribution < -0.4 is 5.32 Å². The van der Waals surface area contributed by atoms with Crippen LogP contribution in [0.4, 0.5) is 0 Å². The van der Waals surface area contributed by atoms with Crippen molar-refractivity contribution in [3.05, 3.63) is 69.2 Å². The number of aryl methyl sites for hydroxylation is 1. The van der Waals surface area contributed by atoms with Crippen LogP contribution in [0.15, 0.2) is 42.5 Å². The average molecular weight is 481 g/mol. The Labute approximate surface area is 199 Å². The first-order chi connectivity index (χ1) is 14.5. The standard InChI is InChI=1S/C24H30Cl2N2O2S/c1-16-8-6-9-18(12-16)14-31-15-22(29)28(17(2)23(30)27-24(3,4)5)13-19-20(25)10-7-11-21(19)26/h6-12,17H,13-15H2,1-5H3,(H,27,30)/t17-/m1/s1. The smallest absolute Gasteiger partial charge is 0.242 e. The van der Waals surface area contributed by atoms with E-state index in [2.05, 4.69) is 11.4 Å². The molecule has 0 aliphatic heterocycles. The highest BCUT2D eigenvalue weighted by molar-refractivity contribution is 7.99. The summed E-state index contributed by atoms with van der Waals surface area (Å²) in [5.41, 5.74) is 2.59. The Morgan fingerprint density at radius 3 is 2.29 bits per heavy atom. The summed E-state index contributed by atoms with van der Waals surface area (Å²) in [6.45, 7) is 9.67. The van der Waals surface area contributed by atoms with Crippen LogP contribution in [0, 0.1) is 6.92 Å². The minimum atomic E-state index is -0.668. The van der Waals surface area contributed by atoms with E-state index in [9.17, 15) is 9.59 Å². The highest BCUT2D eigenvalue weighted by Crippen LogP contribution is 2.27. The van der Waals surface area contributed by atoms with Crippen LogP contribution in [0.25, 0.3) is 0 Å². The second-order valence-electron chi connectivity index (χ2n) is 8.62. The van der Waals surface area contributed by atoms with Gasteiger partial charge in [-0.15, -0.1) is 11.8 Å². The summed E-state index contributed by atoms with van der Waals surface area (Å²) in [7, 11) is 0. The molecule has 1 atom stereocenters. The lowest BCUT2D eigenvalue weighted by Crippen LogP contribution is -2.52. The van der Waals surface area contributed by atoms with Crippen LogP contribution in [-0.2, 0) is 21.9 Å². The number of thioether (sulfide) groups is 1. The molecule has 2 rings (SSSR count). The van der Waals surface area contributed by atoms with Crippen LogP contribution in [-0.4, -0.2) is 34.0 Å². The fourth-order valence-corrected chi connectivity index (χ4v) is 4.43. The fourth-order valence-electron chi connectivity index (χ4n) is 3.05. The van der Waals surface area contributed by atoms with Crippen LogP contribution >= 0.6 is 35.0 Å². The van der Waals surface area contributed by atoms with Gasteiger partial charge in [0.2, 0.25) is 11.8 Å². The molecule has 0 fully saturated rings. The van der Waals surface area contributed by atoms with Gasteiger partial charge in [0.1, 0.15) is 6.04 Å². The van der Waals surface area contributed by atoms with Crippen molar-refractivity contribution < 1.29 is 9.59 Å². The molecule has 0 saturated carbocycles. The SMILES string of the molecule is Cc1cccc(CSCC(=O)N(Cc2c(Cl)cccc2Cl)[C@H](C)C(=O)NC(C)(C)C)c1. The molecule has 2 aromatic carbocycles. The van der Waals surface area contributed by atoms with Gasteiger partial charge >= 0.3 is 0 Å². The van der Waals surface area contributed by atoms with E-state index in [1.165, 1.54) is 17.3 Å². The molecule has 0 heterocycles.